The smallest absolute Gasteiger partial charge is 0.136 e. The second-order valence-corrected chi connectivity index (χ2v) is 8.85. The van der Waals surface area contributed by atoms with E-state index in [1.54, 1.807) is 48.5 Å². The van der Waals surface area contributed by atoms with Gasteiger partial charge < -0.3 is 4.42 Å². The highest BCUT2D eigenvalue weighted by Gasteiger charge is 2.20. The zero-order valence-corrected chi connectivity index (χ0v) is 20.0. The third-order valence-corrected chi connectivity index (χ3v) is 6.75. The van der Waals surface area contributed by atoms with Crippen LogP contribution >= 0.6 is 0 Å². The Bertz CT molecular complexity index is 2940. The van der Waals surface area contributed by atoms with Gasteiger partial charge in [0.25, 0.3) is 0 Å². The quantitative estimate of drug-likeness (QED) is 0.215. The van der Waals surface area contributed by atoms with Gasteiger partial charge in [0.2, 0.25) is 0 Å². The Kier molecular flexibility index (Phi) is 2.53. The topological polar surface area (TPSA) is 13.1 Å². The van der Waals surface area contributed by atoms with Crippen LogP contribution in [0.3, 0.4) is 0 Å². The first-order valence-electron chi connectivity index (χ1n) is 20.1. The van der Waals surface area contributed by atoms with Crippen LogP contribution in [-0.4, -0.2) is 0 Å². The number of hydrogen-bond acceptors (Lipinski definition) is 1. The summed E-state index contributed by atoms with van der Waals surface area (Å²) in [6.07, 6.45) is 0. The van der Waals surface area contributed by atoms with Gasteiger partial charge in [-0.3, -0.25) is 0 Å². The van der Waals surface area contributed by atoms with Crippen molar-refractivity contribution in [3.8, 4) is 33.4 Å². The molecule has 1 aromatic heterocycles. The SMILES string of the molecule is [2H]c1c([2H])c([2H])c(-c2c(-c3c4ccccc4c(-c4c([2H])c([2H])c([2H])c([2H])c4[2H])c4ccccc34)c([2H])c3oc4c([2H])c([2H])c([2H])c([2H])c4c3c2[2H])c([2H])c1[2H]. The molecule has 0 amide bonds. The Labute approximate surface area is 249 Å². The minimum absolute atomic E-state index is 0.0841. The lowest BCUT2D eigenvalue weighted by molar-refractivity contribution is 0.669. The van der Waals surface area contributed by atoms with E-state index in [0.29, 0.717) is 21.5 Å². The molecule has 1 nitrogen and oxygen atoms in total. The molecule has 0 radical (unpaired) electrons. The van der Waals surface area contributed by atoms with Crippen molar-refractivity contribution in [1.29, 1.82) is 0 Å². The number of para-hydroxylation sites is 1. The van der Waals surface area contributed by atoms with Gasteiger partial charge in [0.15, 0.2) is 0 Å². The molecule has 0 fully saturated rings. The van der Waals surface area contributed by atoms with Crippen LogP contribution in [0.4, 0.5) is 0 Å². The molecule has 1 heterocycles. The van der Waals surface area contributed by atoms with Gasteiger partial charge >= 0.3 is 0 Å². The number of hydrogen-bond donors (Lipinski definition) is 0. The van der Waals surface area contributed by atoms with Gasteiger partial charge in [-0.1, -0.05) is 127 Å². The maximum atomic E-state index is 9.77. The van der Waals surface area contributed by atoms with Crippen LogP contribution in [-0.2, 0) is 0 Å². The van der Waals surface area contributed by atoms with Crippen molar-refractivity contribution < 1.29 is 26.3 Å². The number of fused-ring (bicyclic) bond motifs is 5. The monoisotopic (exact) mass is 512 g/mol. The van der Waals surface area contributed by atoms with E-state index in [-0.39, 0.29) is 49.8 Å². The Morgan fingerprint density at radius 1 is 0.410 bits per heavy atom. The number of furan rings is 1. The summed E-state index contributed by atoms with van der Waals surface area (Å²) in [5, 5.41) is 1.01. The lowest BCUT2D eigenvalue weighted by Crippen LogP contribution is -1.93. The Morgan fingerprint density at radius 2 is 0.949 bits per heavy atom. The molecule has 0 spiro atoms. The molecule has 0 aliphatic carbocycles. The van der Waals surface area contributed by atoms with Crippen molar-refractivity contribution in [2.75, 3.05) is 0 Å². The molecule has 0 saturated heterocycles. The molecule has 8 rings (SSSR count). The number of rotatable bonds is 3. The van der Waals surface area contributed by atoms with Crippen LogP contribution in [0.25, 0.3) is 76.9 Å². The summed E-state index contributed by atoms with van der Waals surface area (Å²) in [6, 6.07) is 3.99. The zero-order chi connectivity index (χ0) is 39.7. The molecule has 0 aliphatic heterocycles. The van der Waals surface area contributed by atoms with E-state index >= 15 is 0 Å². The lowest BCUT2D eigenvalue weighted by Gasteiger charge is -2.19. The predicted molar refractivity (Wildman–Crippen MR) is 165 cm³/mol. The van der Waals surface area contributed by atoms with E-state index in [1.165, 1.54) is 0 Å². The van der Waals surface area contributed by atoms with Crippen molar-refractivity contribution in [3.05, 3.63) is 145 Å². The molecule has 0 aliphatic rings. The van der Waals surface area contributed by atoms with Gasteiger partial charge in [0.1, 0.15) is 11.2 Å². The highest BCUT2D eigenvalue weighted by Crippen LogP contribution is 2.47. The van der Waals surface area contributed by atoms with E-state index in [0.717, 1.165) is 0 Å². The molecular formula is C38H24O. The third-order valence-electron chi connectivity index (χ3n) is 6.75. The van der Waals surface area contributed by atoms with Crippen LogP contribution in [0.5, 0.6) is 0 Å². The summed E-state index contributed by atoms with van der Waals surface area (Å²) >= 11 is 0. The van der Waals surface area contributed by atoms with Crippen LogP contribution in [0.1, 0.15) is 21.9 Å². The van der Waals surface area contributed by atoms with Crippen LogP contribution in [0.15, 0.2) is 150 Å². The van der Waals surface area contributed by atoms with Gasteiger partial charge in [-0.25, -0.2) is 0 Å². The fourth-order valence-corrected chi connectivity index (χ4v) is 5.18. The summed E-state index contributed by atoms with van der Waals surface area (Å²) in [5.74, 6) is 0. The van der Waals surface area contributed by atoms with Crippen LogP contribution in [0.2, 0.25) is 0 Å². The van der Waals surface area contributed by atoms with Crippen LogP contribution in [0, 0.1) is 0 Å². The zero-order valence-electron chi connectivity index (χ0n) is 36.0. The molecule has 7 aromatic carbocycles. The minimum Gasteiger partial charge on any atom is -0.456 e. The van der Waals surface area contributed by atoms with Gasteiger partial charge in [0.05, 0.1) is 21.9 Å². The number of benzene rings is 7. The molecule has 0 atom stereocenters. The third kappa shape index (κ3) is 3.41. The van der Waals surface area contributed by atoms with Crippen molar-refractivity contribution in [2.24, 2.45) is 0 Å². The van der Waals surface area contributed by atoms with Crippen molar-refractivity contribution in [3.63, 3.8) is 0 Å². The maximum Gasteiger partial charge on any atom is 0.136 e. The summed E-state index contributed by atoms with van der Waals surface area (Å²) in [7, 11) is 0. The first-order chi connectivity index (χ1) is 26.0. The molecule has 1 heteroatoms. The minimum atomic E-state index is -0.710. The highest BCUT2D eigenvalue weighted by molar-refractivity contribution is 6.23. The maximum absolute atomic E-state index is 9.77. The standard InChI is InChI=1S/C38H24O/c1-3-13-25(14-4-1)32-23-33-27-17-11-12-22-35(27)39-36(33)24-34(32)38-30-20-9-7-18-28(30)37(26-15-5-2-6-16-26)29-19-8-10-21-31(29)38/h1-24H/i1D,2D,3D,4D,5D,6D,11D,12D,13D,14D,15D,16D,17D,22D,23D,24D. The molecule has 0 saturated carbocycles. The largest absolute Gasteiger partial charge is 0.456 e. The normalized spacial score (nSPS) is 17.3. The average Bonchev–Trinajstić information content (AvgIpc) is 3.60. The van der Waals surface area contributed by atoms with E-state index in [2.05, 4.69) is 0 Å². The van der Waals surface area contributed by atoms with Crippen molar-refractivity contribution in [1.82, 2.24) is 0 Å². The van der Waals surface area contributed by atoms with Gasteiger partial charge in [0, 0.05) is 10.8 Å². The molecule has 182 valence electrons. The molecule has 39 heavy (non-hydrogen) atoms. The fourth-order valence-electron chi connectivity index (χ4n) is 5.18. The molecule has 0 unspecified atom stereocenters. The van der Waals surface area contributed by atoms with Gasteiger partial charge in [-0.2, -0.15) is 0 Å². The molecule has 0 bridgehead atoms. The summed E-state index contributed by atoms with van der Waals surface area (Å²) < 4.78 is 146. The molecular weight excluding hydrogens is 472 g/mol. The Morgan fingerprint density at radius 3 is 1.59 bits per heavy atom. The van der Waals surface area contributed by atoms with E-state index in [4.69, 9.17) is 23.6 Å². The van der Waals surface area contributed by atoms with E-state index in [9.17, 15) is 2.74 Å². The van der Waals surface area contributed by atoms with Crippen LogP contribution < -0.4 is 0 Å². The molecule has 0 N–H and O–H groups in total. The summed E-state index contributed by atoms with van der Waals surface area (Å²) in [6.45, 7) is 0. The van der Waals surface area contributed by atoms with Gasteiger partial charge in [-0.05, 0) is 73.1 Å². The van der Waals surface area contributed by atoms with Crippen molar-refractivity contribution >= 4 is 43.5 Å². The van der Waals surface area contributed by atoms with Crippen molar-refractivity contribution in [2.45, 2.75) is 0 Å². The Hall–Kier alpha value is -5.14. The second-order valence-electron chi connectivity index (χ2n) is 8.85. The fraction of sp³-hybridized carbons (Fsp3) is 0. The first kappa shape index (κ1) is 11.3. The van der Waals surface area contributed by atoms with E-state index in [1.807, 2.05) is 0 Å². The predicted octanol–water partition coefficient (Wildman–Crippen LogP) is 10.9. The van der Waals surface area contributed by atoms with E-state index < -0.39 is 102 Å². The summed E-state index contributed by atoms with van der Waals surface area (Å²) in [5.41, 5.74) is -1.06. The molecule has 8 aromatic rings. The highest BCUT2D eigenvalue weighted by atomic mass is 16.3. The van der Waals surface area contributed by atoms with Gasteiger partial charge in [-0.15, -0.1) is 0 Å². The average molecular weight is 513 g/mol. The second kappa shape index (κ2) is 8.72. The summed E-state index contributed by atoms with van der Waals surface area (Å²) in [4.78, 5) is 0. The lowest BCUT2D eigenvalue weighted by atomic mass is 9.83. The first-order valence-corrected chi connectivity index (χ1v) is 12.1. The Balaban J connectivity index is 1.68.